The Hall–Kier alpha value is -3.22. The Bertz CT molecular complexity index is 896. The average molecular weight is 384 g/mol. The summed E-state index contributed by atoms with van der Waals surface area (Å²) in [7, 11) is 4.65. The number of carbonyl (C=O) groups is 2. The van der Waals surface area contributed by atoms with Gasteiger partial charge in [0.15, 0.2) is 0 Å². The van der Waals surface area contributed by atoms with Gasteiger partial charge in [-0.05, 0) is 36.8 Å². The molecule has 1 unspecified atom stereocenters. The number of aryl methyl sites for hydroxylation is 1. The highest BCUT2D eigenvalue weighted by atomic mass is 16.5. The Morgan fingerprint density at radius 1 is 1.04 bits per heavy atom. The lowest BCUT2D eigenvalue weighted by Gasteiger charge is -2.20. The van der Waals surface area contributed by atoms with Crippen molar-refractivity contribution in [1.29, 1.82) is 0 Å². The van der Waals surface area contributed by atoms with Crippen LogP contribution >= 0.6 is 0 Å². The first kappa shape index (κ1) is 19.5. The zero-order valence-electron chi connectivity index (χ0n) is 16.4. The molecule has 1 saturated heterocycles. The van der Waals surface area contributed by atoms with E-state index in [-0.39, 0.29) is 24.8 Å². The third-order valence-corrected chi connectivity index (χ3v) is 4.79. The summed E-state index contributed by atoms with van der Waals surface area (Å²) in [6.07, 6.45) is 0.134. The van der Waals surface area contributed by atoms with Gasteiger partial charge in [0.2, 0.25) is 11.8 Å². The number of ether oxygens (including phenoxy) is 3. The van der Waals surface area contributed by atoms with E-state index in [1.54, 1.807) is 43.4 Å². The third-order valence-electron chi connectivity index (χ3n) is 4.79. The number of hydrogen-bond donors (Lipinski definition) is 1. The van der Waals surface area contributed by atoms with E-state index >= 15 is 0 Å². The van der Waals surface area contributed by atoms with Gasteiger partial charge in [0, 0.05) is 19.0 Å². The second-order valence-electron chi connectivity index (χ2n) is 6.64. The van der Waals surface area contributed by atoms with Gasteiger partial charge in [-0.3, -0.25) is 9.59 Å². The Morgan fingerprint density at radius 3 is 2.46 bits per heavy atom. The van der Waals surface area contributed by atoms with Crippen LogP contribution in [0.25, 0.3) is 0 Å². The minimum Gasteiger partial charge on any atom is -0.497 e. The molecule has 0 spiro atoms. The summed E-state index contributed by atoms with van der Waals surface area (Å²) in [5, 5.41) is 2.89. The first-order chi connectivity index (χ1) is 13.5. The molecule has 0 bridgehead atoms. The fourth-order valence-electron chi connectivity index (χ4n) is 3.28. The van der Waals surface area contributed by atoms with E-state index in [2.05, 4.69) is 5.32 Å². The first-order valence-electron chi connectivity index (χ1n) is 8.94. The number of nitrogens with one attached hydrogen (secondary N) is 1. The number of nitrogens with zero attached hydrogens (tertiary/aromatic N) is 1. The standard InChI is InChI=1S/C21H24N2O5/c1-13-5-8-18(27-3)16(9-13)22-21(25)14-10-20(24)23(12-14)17-7-6-15(26-2)11-19(17)28-4/h5-9,11,14H,10,12H2,1-4H3,(H,22,25). The van der Waals surface area contributed by atoms with Crippen LogP contribution in [0.15, 0.2) is 36.4 Å². The lowest BCUT2D eigenvalue weighted by Crippen LogP contribution is -2.28. The quantitative estimate of drug-likeness (QED) is 0.828. The van der Waals surface area contributed by atoms with Gasteiger partial charge in [0.1, 0.15) is 17.2 Å². The number of carbonyl (C=O) groups excluding carboxylic acids is 2. The number of methoxy groups -OCH3 is 3. The van der Waals surface area contributed by atoms with E-state index in [4.69, 9.17) is 14.2 Å². The van der Waals surface area contributed by atoms with Crippen LogP contribution in [0, 0.1) is 12.8 Å². The van der Waals surface area contributed by atoms with E-state index in [9.17, 15) is 9.59 Å². The molecule has 2 aromatic rings. The summed E-state index contributed by atoms with van der Waals surface area (Å²) in [5.74, 6) is 0.927. The second kappa shape index (κ2) is 8.21. The van der Waals surface area contributed by atoms with Crippen molar-refractivity contribution in [3.05, 3.63) is 42.0 Å². The largest absolute Gasteiger partial charge is 0.497 e. The molecule has 0 radical (unpaired) electrons. The van der Waals surface area contributed by atoms with E-state index in [0.717, 1.165) is 5.56 Å². The van der Waals surface area contributed by atoms with E-state index in [1.807, 2.05) is 19.1 Å². The summed E-state index contributed by atoms with van der Waals surface area (Å²) >= 11 is 0. The Kier molecular flexibility index (Phi) is 5.73. The monoisotopic (exact) mass is 384 g/mol. The van der Waals surface area contributed by atoms with Crippen LogP contribution in [0.4, 0.5) is 11.4 Å². The molecule has 0 aliphatic carbocycles. The summed E-state index contributed by atoms with van der Waals surface area (Å²) in [4.78, 5) is 26.9. The minimum atomic E-state index is -0.468. The maximum atomic E-state index is 12.8. The number of amides is 2. The fraction of sp³-hybridized carbons (Fsp3) is 0.333. The van der Waals surface area contributed by atoms with Crippen molar-refractivity contribution in [3.8, 4) is 17.2 Å². The van der Waals surface area contributed by atoms with Crippen molar-refractivity contribution in [2.24, 2.45) is 5.92 Å². The molecular weight excluding hydrogens is 360 g/mol. The van der Waals surface area contributed by atoms with Crippen LogP contribution in [0.5, 0.6) is 17.2 Å². The molecule has 1 aliphatic rings. The molecule has 3 rings (SSSR count). The lowest BCUT2D eigenvalue weighted by molar-refractivity contribution is -0.122. The molecule has 1 atom stereocenters. The fourth-order valence-corrected chi connectivity index (χ4v) is 3.28. The van der Waals surface area contributed by atoms with Crippen molar-refractivity contribution < 1.29 is 23.8 Å². The highest BCUT2D eigenvalue weighted by molar-refractivity contribution is 6.04. The van der Waals surface area contributed by atoms with Crippen LogP contribution in [-0.2, 0) is 9.59 Å². The SMILES string of the molecule is COc1ccc(N2CC(C(=O)Nc3cc(C)ccc3OC)CC2=O)c(OC)c1. The van der Waals surface area contributed by atoms with Gasteiger partial charge in [0.25, 0.3) is 0 Å². The van der Waals surface area contributed by atoms with Crippen LogP contribution < -0.4 is 24.4 Å². The summed E-state index contributed by atoms with van der Waals surface area (Å²) < 4.78 is 15.9. The molecule has 1 N–H and O–H groups in total. The van der Waals surface area contributed by atoms with Gasteiger partial charge >= 0.3 is 0 Å². The highest BCUT2D eigenvalue weighted by Gasteiger charge is 2.36. The topological polar surface area (TPSA) is 77.1 Å². The van der Waals surface area contributed by atoms with Gasteiger partial charge in [-0.1, -0.05) is 6.07 Å². The number of hydrogen-bond acceptors (Lipinski definition) is 5. The summed E-state index contributed by atoms with van der Waals surface area (Å²) in [6.45, 7) is 2.22. The molecule has 7 heteroatoms. The van der Waals surface area contributed by atoms with Crippen LogP contribution in [-0.4, -0.2) is 39.7 Å². The molecule has 148 valence electrons. The molecule has 2 amide bonds. The van der Waals surface area contributed by atoms with Gasteiger partial charge in [-0.15, -0.1) is 0 Å². The average Bonchev–Trinajstić information content (AvgIpc) is 3.09. The second-order valence-corrected chi connectivity index (χ2v) is 6.64. The Balaban J connectivity index is 1.78. The summed E-state index contributed by atoms with van der Waals surface area (Å²) in [6, 6.07) is 10.8. The molecule has 0 aromatic heterocycles. The lowest BCUT2D eigenvalue weighted by atomic mass is 10.1. The number of anilines is 2. The molecule has 0 saturated carbocycles. The zero-order chi connectivity index (χ0) is 20.3. The van der Waals surface area contributed by atoms with Crippen LogP contribution in [0.2, 0.25) is 0 Å². The smallest absolute Gasteiger partial charge is 0.229 e. The van der Waals surface area contributed by atoms with E-state index < -0.39 is 5.92 Å². The Labute approximate surface area is 164 Å². The third kappa shape index (κ3) is 3.88. The highest BCUT2D eigenvalue weighted by Crippen LogP contribution is 2.36. The van der Waals surface area contributed by atoms with Gasteiger partial charge < -0.3 is 24.4 Å². The van der Waals surface area contributed by atoms with Crippen molar-refractivity contribution in [2.75, 3.05) is 38.1 Å². The minimum absolute atomic E-state index is 0.125. The van der Waals surface area contributed by atoms with Crippen molar-refractivity contribution in [1.82, 2.24) is 0 Å². The van der Waals surface area contributed by atoms with Gasteiger partial charge in [-0.25, -0.2) is 0 Å². The summed E-state index contributed by atoms with van der Waals surface area (Å²) in [5.41, 5.74) is 2.22. The van der Waals surface area contributed by atoms with E-state index in [1.165, 1.54) is 7.11 Å². The molecule has 2 aromatic carbocycles. The van der Waals surface area contributed by atoms with Gasteiger partial charge in [0.05, 0.1) is 38.6 Å². The zero-order valence-corrected chi connectivity index (χ0v) is 16.4. The maximum absolute atomic E-state index is 12.8. The van der Waals surface area contributed by atoms with Crippen molar-refractivity contribution in [3.63, 3.8) is 0 Å². The predicted octanol–water partition coefficient (Wildman–Crippen LogP) is 3.01. The maximum Gasteiger partial charge on any atom is 0.229 e. The number of rotatable bonds is 6. The first-order valence-corrected chi connectivity index (χ1v) is 8.94. The molecule has 28 heavy (non-hydrogen) atoms. The molecular formula is C21H24N2O5. The Morgan fingerprint density at radius 2 is 1.79 bits per heavy atom. The molecule has 1 aliphatic heterocycles. The van der Waals surface area contributed by atoms with Crippen molar-refractivity contribution in [2.45, 2.75) is 13.3 Å². The molecule has 7 nitrogen and oxygen atoms in total. The molecule has 1 fully saturated rings. The van der Waals surface area contributed by atoms with Gasteiger partial charge in [-0.2, -0.15) is 0 Å². The van der Waals surface area contributed by atoms with Crippen LogP contribution in [0.1, 0.15) is 12.0 Å². The van der Waals surface area contributed by atoms with Crippen molar-refractivity contribution >= 4 is 23.2 Å². The predicted molar refractivity (Wildman–Crippen MR) is 106 cm³/mol. The van der Waals surface area contributed by atoms with Crippen LogP contribution in [0.3, 0.4) is 0 Å². The molecule has 1 heterocycles. The van der Waals surface area contributed by atoms with E-state index in [0.29, 0.717) is 28.6 Å². The number of benzene rings is 2. The normalized spacial score (nSPS) is 16.1.